The molecule has 5 nitrogen and oxygen atoms in total. The second-order valence-electron chi connectivity index (χ2n) is 4.74. The van der Waals surface area contributed by atoms with E-state index in [-0.39, 0.29) is 20.8 Å². The first kappa shape index (κ1) is 17.6. The summed E-state index contributed by atoms with van der Waals surface area (Å²) in [5.74, 6) is -0.302. The number of halogens is 2. The molecule has 23 heavy (non-hydrogen) atoms. The van der Waals surface area contributed by atoms with Gasteiger partial charge >= 0.3 is 0 Å². The van der Waals surface area contributed by atoms with Gasteiger partial charge in [-0.2, -0.15) is 0 Å². The van der Waals surface area contributed by atoms with E-state index in [0.29, 0.717) is 16.8 Å². The maximum absolute atomic E-state index is 12.5. The van der Waals surface area contributed by atoms with E-state index >= 15 is 0 Å². The van der Waals surface area contributed by atoms with Gasteiger partial charge in [0.05, 0.1) is 10.7 Å². The zero-order chi connectivity index (χ0) is 17.2. The molecule has 0 aliphatic heterocycles. The van der Waals surface area contributed by atoms with Crippen molar-refractivity contribution < 1.29 is 13.2 Å². The van der Waals surface area contributed by atoms with E-state index in [9.17, 15) is 13.2 Å². The summed E-state index contributed by atoms with van der Waals surface area (Å²) < 4.78 is 27.5. The topological polar surface area (TPSA) is 75.3 Å². The number of nitrogens with one attached hydrogen (secondary N) is 2. The fraction of sp³-hybridized carbons (Fsp3) is 0.133. The number of sulfonamides is 1. The molecule has 0 unspecified atom stereocenters. The van der Waals surface area contributed by atoms with E-state index in [2.05, 4.69) is 10.0 Å². The van der Waals surface area contributed by atoms with Gasteiger partial charge in [0.2, 0.25) is 0 Å². The Hall–Kier alpha value is -1.76. The number of hydrogen-bond donors (Lipinski definition) is 2. The molecule has 122 valence electrons. The van der Waals surface area contributed by atoms with Crippen molar-refractivity contribution in [2.45, 2.75) is 11.8 Å². The average molecular weight is 373 g/mol. The van der Waals surface area contributed by atoms with Crippen LogP contribution in [0.1, 0.15) is 15.9 Å². The van der Waals surface area contributed by atoms with Gasteiger partial charge in [0.15, 0.2) is 0 Å². The van der Waals surface area contributed by atoms with Gasteiger partial charge in [0.25, 0.3) is 15.9 Å². The van der Waals surface area contributed by atoms with Crippen molar-refractivity contribution in [2.75, 3.05) is 11.8 Å². The molecule has 0 bridgehead atoms. The first-order valence-electron chi connectivity index (χ1n) is 6.56. The van der Waals surface area contributed by atoms with E-state index in [0.717, 1.165) is 0 Å². The highest BCUT2D eigenvalue weighted by Crippen LogP contribution is 2.28. The van der Waals surface area contributed by atoms with Crippen LogP contribution >= 0.6 is 23.2 Å². The quantitative estimate of drug-likeness (QED) is 0.862. The first-order chi connectivity index (χ1) is 10.8. The number of rotatable bonds is 4. The molecule has 0 aliphatic rings. The van der Waals surface area contributed by atoms with Gasteiger partial charge in [0, 0.05) is 17.6 Å². The van der Waals surface area contributed by atoms with Crippen molar-refractivity contribution in [1.29, 1.82) is 0 Å². The lowest BCUT2D eigenvalue weighted by molar-refractivity contribution is 0.0962. The van der Waals surface area contributed by atoms with Crippen LogP contribution in [-0.2, 0) is 10.0 Å². The molecule has 0 radical (unpaired) electrons. The summed E-state index contributed by atoms with van der Waals surface area (Å²) in [6.45, 7) is 1.65. The third-order valence-electron chi connectivity index (χ3n) is 3.23. The molecule has 8 heteroatoms. The normalized spacial score (nSPS) is 11.1. The molecule has 0 aromatic heterocycles. The highest BCUT2D eigenvalue weighted by atomic mass is 35.5. The summed E-state index contributed by atoms with van der Waals surface area (Å²) in [6, 6.07) is 8.95. The Kier molecular flexibility index (Phi) is 5.19. The van der Waals surface area contributed by atoms with Gasteiger partial charge in [-0.1, -0.05) is 29.3 Å². The molecule has 0 spiro atoms. The predicted molar refractivity (Wildman–Crippen MR) is 91.8 cm³/mol. The smallest absolute Gasteiger partial charge is 0.263 e. The van der Waals surface area contributed by atoms with Crippen molar-refractivity contribution in [3.8, 4) is 0 Å². The highest BCUT2D eigenvalue weighted by molar-refractivity contribution is 7.92. The highest BCUT2D eigenvalue weighted by Gasteiger charge is 2.20. The van der Waals surface area contributed by atoms with Gasteiger partial charge in [-0.25, -0.2) is 8.42 Å². The number of benzene rings is 2. The van der Waals surface area contributed by atoms with Gasteiger partial charge < -0.3 is 5.32 Å². The van der Waals surface area contributed by atoms with E-state index < -0.39 is 10.0 Å². The molecule has 1 amide bonds. The molecular weight excluding hydrogens is 359 g/mol. The molecule has 2 aromatic rings. The van der Waals surface area contributed by atoms with Crippen molar-refractivity contribution >= 4 is 44.8 Å². The van der Waals surface area contributed by atoms with Crippen LogP contribution < -0.4 is 10.0 Å². The van der Waals surface area contributed by atoms with E-state index in [4.69, 9.17) is 23.2 Å². The van der Waals surface area contributed by atoms with Crippen molar-refractivity contribution in [2.24, 2.45) is 0 Å². The largest absolute Gasteiger partial charge is 0.355 e. The maximum atomic E-state index is 12.5. The minimum absolute atomic E-state index is 0.0574. The SMILES string of the molecule is CNC(=O)c1cccc(NS(=O)(=O)c2cc(Cl)ccc2Cl)c1C. The van der Waals surface area contributed by atoms with Crippen molar-refractivity contribution in [3.63, 3.8) is 0 Å². The lowest BCUT2D eigenvalue weighted by Gasteiger charge is -2.14. The Labute approximate surface area is 144 Å². The molecule has 2 aromatic carbocycles. The molecule has 2 N–H and O–H groups in total. The van der Waals surface area contributed by atoms with Crippen LogP contribution in [0.3, 0.4) is 0 Å². The van der Waals surface area contributed by atoms with Crippen LogP contribution in [0.5, 0.6) is 0 Å². The van der Waals surface area contributed by atoms with E-state index in [1.54, 1.807) is 25.1 Å². The molecular formula is C15H14Cl2N2O3S. The van der Waals surface area contributed by atoms with Crippen LogP contribution in [0.2, 0.25) is 10.0 Å². The van der Waals surface area contributed by atoms with Gasteiger partial charge in [-0.15, -0.1) is 0 Å². The summed E-state index contributed by atoms with van der Waals surface area (Å²) in [5.41, 5.74) is 1.18. The second kappa shape index (κ2) is 6.78. The zero-order valence-corrected chi connectivity index (χ0v) is 14.7. The molecule has 0 atom stereocenters. The molecule has 0 saturated heterocycles. The number of anilines is 1. The van der Waals surface area contributed by atoms with Crippen LogP contribution in [-0.4, -0.2) is 21.4 Å². The predicted octanol–water partition coefficient (Wildman–Crippen LogP) is 3.46. The summed E-state index contributed by atoms with van der Waals surface area (Å²) in [4.78, 5) is 11.7. The van der Waals surface area contributed by atoms with Crippen molar-refractivity contribution in [1.82, 2.24) is 5.32 Å². The molecule has 0 fully saturated rings. The fourth-order valence-electron chi connectivity index (χ4n) is 2.01. The standard InChI is InChI=1S/C15H14Cl2N2O3S/c1-9-11(15(20)18-2)4-3-5-13(9)19-23(21,22)14-8-10(16)6-7-12(14)17/h3-8,19H,1-2H3,(H,18,20). The Morgan fingerprint density at radius 3 is 2.48 bits per heavy atom. The van der Waals surface area contributed by atoms with Crippen LogP contribution in [0, 0.1) is 6.92 Å². The summed E-state index contributed by atoms with van der Waals surface area (Å²) in [7, 11) is -2.43. The van der Waals surface area contributed by atoms with Gasteiger partial charge in [0.1, 0.15) is 4.90 Å². The van der Waals surface area contributed by atoms with Crippen molar-refractivity contribution in [3.05, 3.63) is 57.6 Å². The van der Waals surface area contributed by atoms with E-state index in [1.807, 2.05) is 0 Å². The lowest BCUT2D eigenvalue weighted by atomic mass is 10.1. The third-order valence-corrected chi connectivity index (χ3v) is 5.31. The maximum Gasteiger partial charge on any atom is 0.263 e. The molecule has 0 aliphatic carbocycles. The number of hydrogen-bond acceptors (Lipinski definition) is 3. The third kappa shape index (κ3) is 3.77. The molecule has 2 rings (SSSR count). The Bertz CT molecular complexity index is 867. The van der Waals surface area contributed by atoms with Crippen LogP contribution in [0.4, 0.5) is 5.69 Å². The number of carbonyl (C=O) groups excluding carboxylic acids is 1. The molecule has 0 saturated carbocycles. The molecule has 0 heterocycles. The minimum Gasteiger partial charge on any atom is -0.355 e. The first-order valence-corrected chi connectivity index (χ1v) is 8.79. The Morgan fingerprint density at radius 2 is 1.83 bits per heavy atom. The number of amides is 1. The average Bonchev–Trinajstić information content (AvgIpc) is 2.50. The summed E-state index contributed by atoms with van der Waals surface area (Å²) in [5, 5.41) is 2.82. The van der Waals surface area contributed by atoms with Crippen LogP contribution in [0.15, 0.2) is 41.3 Å². The number of carbonyl (C=O) groups is 1. The van der Waals surface area contributed by atoms with E-state index in [1.165, 1.54) is 25.2 Å². The van der Waals surface area contributed by atoms with Gasteiger partial charge in [-0.3, -0.25) is 9.52 Å². The van der Waals surface area contributed by atoms with Crippen LogP contribution in [0.25, 0.3) is 0 Å². The lowest BCUT2D eigenvalue weighted by Crippen LogP contribution is -2.20. The van der Waals surface area contributed by atoms with Gasteiger partial charge in [-0.05, 0) is 42.8 Å². The monoisotopic (exact) mass is 372 g/mol. The second-order valence-corrected chi connectivity index (χ2v) is 7.23. The fourth-order valence-corrected chi connectivity index (χ4v) is 3.90. The minimum atomic E-state index is -3.94. The zero-order valence-electron chi connectivity index (χ0n) is 12.4. The summed E-state index contributed by atoms with van der Waals surface area (Å²) in [6.07, 6.45) is 0. The summed E-state index contributed by atoms with van der Waals surface area (Å²) >= 11 is 11.8. The Balaban J connectivity index is 2.46. The Morgan fingerprint density at radius 1 is 1.13 bits per heavy atom.